The van der Waals surface area contributed by atoms with Gasteiger partial charge in [-0.3, -0.25) is 10.0 Å². The molecular formula is C21H32N4O2. The molecule has 0 saturated carbocycles. The molecule has 1 heterocycles. The van der Waals surface area contributed by atoms with E-state index in [4.69, 9.17) is 10.2 Å². The number of nitrogens with one attached hydrogen (secondary N) is 2. The molecule has 0 spiro atoms. The van der Waals surface area contributed by atoms with Gasteiger partial charge in [0.05, 0.1) is 11.0 Å². The van der Waals surface area contributed by atoms with Crippen molar-refractivity contribution in [3.8, 4) is 0 Å². The van der Waals surface area contributed by atoms with Crippen molar-refractivity contribution in [2.24, 2.45) is 0 Å². The number of unbranched alkanes of at least 4 members (excludes halogenated alkanes) is 3. The monoisotopic (exact) mass is 372 g/mol. The minimum atomic E-state index is -0.602. The molecule has 1 aromatic heterocycles. The quantitative estimate of drug-likeness (QED) is 0.243. The van der Waals surface area contributed by atoms with Crippen molar-refractivity contribution in [1.29, 1.82) is 0 Å². The lowest BCUT2D eigenvalue weighted by Gasteiger charge is -2.12. The highest BCUT2D eigenvalue weighted by atomic mass is 16.5. The maximum Gasteiger partial charge on any atom is 0.274 e. The highest BCUT2D eigenvalue weighted by molar-refractivity contribution is 6.18. The van der Waals surface area contributed by atoms with Gasteiger partial charge in [0, 0.05) is 31.1 Å². The van der Waals surface area contributed by atoms with Crippen molar-refractivity contribution in [2.75, 3.05) is 6.54 Å². The van der Waals surface area contributed by atoms with Crippen LogP contribution in [0.5, 0.6) is 0 Å². The highest BCUT2D eigenvalue weighted by Gasteiger charge is 2.14. The van der Waals surface area contributed by atoms with Crippen LogP contribution in [-0.4, -0.2) is 33.3 Å². The summed E-state index contributed by atoms with van der Waals surface area (Å²) in [7, 11) is 0. The molecule has 0 aliphatic carbocycles. The Hall–Kier alpha value is -2.18. The predicted molar refractivity (Wildman–Crippen MR) is 110 cm³/mol. The molecular weight excluding hydrogens is 340 g/mol. The molecule has 0 fully saturated rings. The predicted octanol–water partition coefficient (Wildman–Crippen LogP) is 3.68. The number of nitrogens with zero attached hydrogens (tertiary/aromatic N) is 2. The minimum absolute atomic E-state index is 0.222. The topological polar surface area (TPSA) is 79.2 Å². The van der Waals surface area contributed by atoms with Gasteiger partial charge in [0.1, 0.15) is 5.82 Å². The second-order valence-corrected chi connectivity index (χ2v) is 7.22. The van der Waals surface area contributed by atoms with E-state index in [9.17, 15) is 4.79 Å². The van der Waals surface area contributed by atoms with Crippen molar-refractivity contribution < 1.29 is 10.0 Å². The van der Waals surface area contributed by atoms with Crippen LogP contribution in [-0.2, 0) is 17.8 Å². The first-order valence-electron chi connectivity index (χ1n) is 9.84. The molecule has 1 amide bonds. The SMILES string of the molecule is C=C(C(=O)NO)c1ccc2c(c1)nc(CCCCCC)n2CCNC(C)C. The van der Waals surface area contributed by atoms with Crippen LogP contribution in [0, 0.1) is 0 Å². The molecule has 148 valence electrons. The molecule has 27 heavy (non-hydrogen) atoms. The summed E-state index contributed by atoms with van der Waals surface area (Å²) in [6, 6.07) is 6.15. The Morgan fingerprint density at radius 2 is 2.07 bits per heavy atom. The molecule has 0 bridgehead atoms. The van der Waals surface area contributed by atoms with Crippen LogP contribution in [0.2, 0.25) is 0 Å². The van der Waals surface area contributed by atoms with Crippen LogP contribution in [0.3, 0.4) is 0 Å². The number of benzene rings is 1. The number of carbonyl (C=O) groups is 1. The zero-order chi connectivity index (χ0) is 19.8. The van der Waals surface area contributed by atoms with Gasteiger partial charge in [0.25, 0.3) is 5.91 Å². The van der Waals surface area contributed by atoms with Gasteiger partial charge in [-0.2, -0.15) is 0 Å². The molecule has 0 saturated heterocycles. The Bertz CT molecular complexity index is 780. The smallest absolute Gasteiger partial charge is 0.274 e. The average molecular weight is 373 g/mol. The summed E-state index contributed by atoms with van der Waals surface area (Å²) < 4.78 is 2.27. The van der Waals surface area contributed by atoms with Gasteiger partial charge in [-0.25, -0.2) is 10.5 Å². The van der Waals surface area contributed by atoms with Crippen LogP contribution in [0.25, 0.3) is 16.6 Å². The average Bonchev–Trinajstić information content (AvgIpc) is 3.00. The van der Waals surface area contributed by atoms with E-state index in [1.54, 1.807) is 5.48 Å². The maximum absolute atomic E-state index is 11.6. The third kappa shape index (κ3) is 5.65. The summed E-state index contributed by atoms with van der Waals surface area (Å²) in [6.45, 7) is 12.0. The number of hydroxylamine groups is 1. The number of fused-ring (bicyclic) bond motifs is 1. The third-order valence-electron chi connectivity index (χ3n) is 4.69. The first-order chi connectivity index (χ1) is 13.0. The van der Waals surface area contributed by atoms with Crippen molar-refractivity contribution in [3.63, 3.8) is 0 Å². The van der Waals surface area contributed by atoms with E-state index < -0.39 is 5.91 Å². The normalized spacial score (nSPS) is 11.3. The number of rotatable bonds is 11. The Kier molecular flexibility index (Phi) is 8.00. The fourth-order valence-corrected chi connectivity index (χ4v) is 3.18. The summed E-state index contributed by atoms with van der Waals surface area (Å²) in [6.07, 6.45) is 5.75. The van der Waals surface area contributed by atoms with E-state index in [1.807, 2.05) is 18.2 Å². The zero-order valence-electron chi connectivity index (χ0n) is 16.7. The maximum atomic E-state index is 11.6. The molecule has 6 nitrogen and oxygen atoms in total. The Morgan fingerprint density at radius 1 is 1.30 bits per heavy atom. The van der Waals surface area contributed by atoms with Crippen molar-refractivity contribution >= 4 is 22.5 Å². The summed E-state index contributed by atoms with van der Waals surface area (Å²) >= 11 is 0. The molecule has 3 N–H and O–H groups in total. The molecule has 2 rings (SSSR count). The number of hydrogen-bond acceptors (Lipinski definition) is 4. The molecule has 0 radical (unpaired) electrons. The Labute approximate surface area is 161 Å². The lowest BCUT2D eigenvalue weighted by molar-refractivity contribution is -0.123. The van der Waals surface area contributed by atoms with Crippen molar-refractivity contribution in [3.05, 3.63) is 36.2 Å². The molecule has 0 aliphatic rings. The van der Waals surface area contributed by atoms with E-state index in [0.29, 0.717) is 11.6 Å². The van der Waals surface area contributed by atoms with E-state index in [0.717, 1.165) is 42.8 Å². The summed E-state index contributed by atoms with van der Waals surface area (Å²) in [5, 5.41) is 12.3. The summed E-state index contributed by atoms with van der Waals surface area (Å²) in [5.41, 5.74) is 4.44. The van der Waals surface area contributed by atoms with Crippen LogP contribution >= 0.6 is 0 Å². The van der Waals surface area contributed by atoms with Gasteiger partial charge >= 0.3 is 0 Å². The number of aryl methyl sites for hydroxylation is 1. The van der Waals surface area contributed by atoms with Gasteiger partial charge in [-0.05, 0) is 24.1 Å². The molecule has 0 atom stereocenters. The van der Waals surface area contributed by atoms with Gasteiger partial charge in [-0.15, -0.1) is 0 Å². The summed E-state index contributed by atoms with van der Waals surface area (Å²) in [4.78, 5) is 16.5. The summed E-state index contributed by atoms with van der Waals surface area (Å²) in [5.74, 6) is 0.482. The van der Waals surface area contributed by atoms with Crippen LogP contribution in [0.15, 0.2) is 24.8 Å². The first-order valence-corrected chi connectivity index (χ1v) is 9.84. The number of imidazole rings is 1. The Morgan fingerprint density at radius 3 is 2.74 bits per heavy atom. The lowest BCUT2D eigenvalue weighted by atomic mass is 10.1. The van der Waals surface area contributed by atoms with Gasteiger partial charge in [0.2, 0.25) is 0 Å². The van der Waals surface area contributed by atoms with Gasteiger partial charge < -0.3 is 9.88 Å². The second kappa shape index (κ2) is 10.2. The molecule has 6 heteroatoms. The van der Waals surface area contributed by atoms with Gasteiger partial charge in [-0.1, -0.05) is 52.7 Å². The Balaban J connectivity index is 2.29. The first kappa shape index (κ1) is 21.1. The minimum Gasteiger partial charge on any atom is -0.327 e. The van der Waals surface area contributed by atoms with Crippen LogP contribution in [0.4, 0.5) is 0 Å². The molecule has 0 aliphatic heterocycles. The van der Waals surface area contributed by atoms with E-state index in [-0.39, 0.29) is 5.57 Å². The number of carbonyl (C=O) groups excluding carboxylic acids is 1. The van der Waals surface area contributed by atoms with Crippen molar-refractivity contribution in [1.82, 2.24) is 20.3 Å². The zero-order valence-corrected chi connectivity index (χ0v) is 16.7. The molecule has 0 unspecified atom stereocenters. The molecule has 2 aromatic rings. The van der Waals surface area contributed by atoms with E-state index >= 15 is 0 Å². The van der Waals surface area contributed by atoms with Gasteiger partial charge in [0.15, 0.2) is 0 Å². The fraction of sp³-hybridized carbons (Fsp3) is 0.524. The third-order valence-corrected chi connectivity index (χ3v) is 4.69. The van der Waals surface area contributed by atoms with Crippen LogP contribution < -0.4 is 10.8 Å². The highest BCUT2D eigenvalue weighted by Crippen LogP contribution is 2.23. The van der Waals surface area contributed by atoms with E-state index in [1.165, 1.54) is 19.3 Å². The molecule has 1 aromatic carbocycles. The van der Waals surface area contributed by atoms with Crippen LogP contribution in [0.1, 0.15) is 57.8 Å². The number of amides is 1. The largest absolute Gasteiger partial charge is 0.327 e. The number of aromatic nitrogens is 2. The lowest BCUT2D eigenvalue weighted by Crippen LogP contribution is -2.27. The standard InChI is InChI=1S/C21H32N4O2/c1-5-6-7-8-9-20-23-18-14-17(16(4)21(26)24-27)10-11-19(18)25(20)13-12-22-15(2)3/h10-11,14-15,22,27H,4-9,12-13H2,1-3H3,(H,24,26). The fourth-order valence-electron chi connectivity index (χ4n) is 3.18. The van der Waals surface area contributed by atoms with Crippen molar-refractivity contribution in [2.45, 2.75) is 65.5 Å². The number of hydrogen-bond donors (Lipinski definition) is 3. The second-order valence-electron chi connectivity index (χ2n) is 7.22. The van der Waals surface area contributed by atoms with E-state index in [2.05, 4.69) is 37.2 Å².